The number of likely N-dealkylation sites (tertiary alicyclic amines) is 1. The quantitative estimate of drug-likeness (QED) is 0.616. The molecule has 0 aromatic heterocycles. The van der Waals surface area contributed by atoms with Gasteiger partial charge in [0.2, 0.25) is 0 Å². The fourth-order valence-corrected chi connectivity index (χ4v) is 3.96. The van der Waals surface area contributed by atoms with Gasteiger partial charge in [-0.3, -0.25) is 4.79 Å². The number of ether oxygens (including phenoxy) is 3. The van der Waals surface area contributed by atoms with Crippen molar-refractivity contribution < 1.29 is 19.0 Å². The number of benzene rings is 3. The van der Waals surface area contributed by atoms with Crippen molar-refractivity contribution in [3.63, 3.8) is 0 Å². The van der Waals surface area contributed by atoms with Crippen LogP contribution in [-0.2, 0) is 4.79 Å². The number of hydrogen-bond acceptors (Lipinski definition) is 4. The van der Waals surface area contributed by atoms with Crippen molar-refractivity contribution in [3.8, 4) is 17.2 Å². The van der Waals surface area contributed by atoms with Crippen molar-refractivity contribution in [1.82, 2.24) is 4.90 Å². The molecule has 3 aromatic rings. The Morgan fingerprint density at radius 1 is 0.966 bits per heavy atom. The molecule has 1 fully saturated rings. The average Bonchev–Trinajstić information content (AvgIpc) is 3.27. The number of carbonyl (C=O) groups is 1. The van der Waals surface area contributed by atoms with E-state index in [9.17, 15) is 4.79 Å². The van der Waals surface area contributed by atoms with Crippen molar-refractivity contribution in [1.29, 1.82) is 0 Å². The first kappa shape index (κ1) is 19.1. The number of nitrogens with zero attached hydrogens (tertiary/aromatic N) is 1. The van der Waals surface area contributed by atoms with Crippen LogP contribution < -0.4 is 14.2 Å². The number of rotatable bonds is 6. The van der Waals surface area contributed by atoms with E-state index in [-0.39, 0.29) is 18.6 Å². The summed E-state index contributed by atoms with van der Waals surface area (Å²) in [5.41, 5.74) is 1.05. The Labute approximate surface area is 170 Å². The topological polar surface area (TPSA) is 48.0 Å². The Morgan fingerprint density at radius 3 is 2.55 bits per heavy atom. The number of carbonyl (C=O) groups excluding carboxylic acids is 1. The maximum absolute atomic E-state index is 12.9. The minimum absolute atomic E-state index is 0.00422. The molecule has 0 saturated carbocycles. The molecule has 1 amide bonds. The molecule has 150 valence electrons. The van der Waals surface area contributed by atoms with E-state index in [1.165, 1.54) is 0 Å². The molecule has 4 rings (SSSR count). The van der Waals surface area contributed by atoms with Crippen LogP contribution in [0.2, 0.25) is 0 Å². The molecule has 1 aliphatic heterocycles. The van der Waals surface area contributed by atoms with Crippen LogP contribution in [0.15, 0.2) is 60.7 Å². The van der Waals surface area contributed by atoms with E-state index in [2.05, 4.69) is 6.07 Å². The Balaban J connectivity index is 1.46. The molecule has 5 heteroatoms. The van der Waals surface area contributed by atoms with Gasteiger partial charge < -0.3 is 19.1 Å². The van der Waals surface area contributed by atoms with Gasteiger partial charge in [-0.1, -0.05) is 36.4 Å². The normalized spacial score (nSPS) is 16.1. The number of methoxy groups -OCH3 is 2. The maximum atomic E-state index is 12.9. The van der Waals surface area contributed by atoms with Gasteiger partial charge in [-0.2, -0.15) is 0 Å². The SMILES string of the molecule is COc1ccc(C2CCCN2C(=O)COc2ccc3ccccc3c2)cc1OC. The summed E-state index contributed by atoms with van der Waals surface area (Å²) in [6.07, 6.45) is 1.90. The van der Waals surface area contributed by atoms with Gasteiger partial charge in [-0.25, -0.2) is 0 Å². The zero-order chi connectivity index (χ0) is 20.2. The predicted octanol–water partition coefficient (Wildman–Crippen LogP) is 4.60. The molecule has 0 spiro atoms. The summed E-state index contributed by atoms with van der Waals surface area (Å²) in [6.45, 7) is 0.765. The molecule has 0 bridgehead atoms. The first-order valence-electron chi connectivity index (χ1n) is 9.82. The summed E-state index contributed by atoms with van der Waals surface area (Å²) in [6, 6.07) is 19.9. The van der Waals surface area contributed by atoms with Gasteiger partial charge in [0.05, 0.1) is 20.3 Å². The number of hydrogen-bond donors (Lipinski definition) is 0. The van der Waals surface area contributed by atoms with Gasteiger partial charge in [-0.05, 0) is 53.4 Å². The van der Waals surface area contributed by atoms with Crippen LogP contribution in [0.4, 0.5) is 0 Å². The molecule has 1 heterocycles. The lowest BCUT2D eigenvalue weighted by Crippen LogP contribution is -2.34. The fourth-order valence-electron chi connectivity index (χ4n) is 3.96. The third kappa shape index (κ3) is 3.99. The van der Waals surface area contributed by atoms with Crippen LogP contribution in [0, 0.1) is 0 Å². The smallest absolute Gasteiger partial charge is 0.261 e. The molecule has 5 nitrogen and oxygen atoms in total. The van der Waals surface area contributed by atoms with Crippen molar-refractivity contribution in [2.45, 2.75) is 18.9 Å². The van der Waals surface area contributed by atoms with Crippen molar-refractivity contribution in [2.24, 2.45) is 0 Å². The Kier molecular flexibility index (Phi) is 5.56. The summed E-state index contributed by atoms with van der Waals surface area (Å²) < 4.78 is 16.6. The van der Waals surface area contributed by atoms with E-state index < -0.39 is 0 Å². The Hall–Kier alpha value is -3.21. The lowest BCUT2D eigenvalue weighted by atomic mass is 10.0. The van der Waals surface area contributed by atoms with E-state index in [4.69, 9.17) is 14.2 Å². The number of amides is 1. The van der Waals surface area contributed by atoms with E-state index in [0.717, 1.165) is 35.7 Å². The molecule has 3 aromatic carbocycles. The molecule has 1 unspecified atom stereocenters. The predicted molar refractivity (Wildman–Crippen MR) is 113 cm³/mol. The zero-order valence-corrected chi connectivity index (χ0v) is 16.8. The molecule has 0 radical (unpaired) electrons. The molecular formula is C24H25NO4. The first-order valence-corrected chi connectivity index (χ1v) is 9.82. The molecule has 29 heavy (non-hydrogen) atoms. The average molecular weight is 391 g/mol. The third-order valence-electron chi connectivity index (χ3n) is 5.45. The summed E-state index contributed by atoms with van der Waals surface area (Å²) in [5, 5.41) is 2.25. The van der Waals surface area contributed by atoms with Crippen molar-refractivity contribution >= 4 is 16.7 Å². The van der Waals surface area contributed by atoms with Gasteiger partial charge in [0, 0.05) is 6.54 Å². The van der Waals surface area contributed by atoms with Crippen LogP contribution in [0.25, 0.3) is 10.8 Å². The highest BCUT2D eigenvalue weighted by molar-refractivity contribution is 5.84. The van der Waals surface area contributed by atoms with E-state index in [1.807, 2.05) is 59.5 Å². The van der Waals surface area contributed by atoms with E-state index in [1.54, 1.807) is 14.2 Å². The minimum atomic E-state index is -0.00422. The Morgan fingerprint density at radius 2 is 1.76 bits per heavy atom. The molecule has 1 aliphatic rings. The van der Waals surface area contributed by atoms with Crippen LogP contribution in [0.3, 0.4) is 0 Å². The fraction of sp³-hybridized carbons (Fsp3) is 0.292. The zero-order valence-electron chi connectivity index (χ0n) is 16.8. The van der Waals surface area contributed by atoms with Crippen LogP contribution in [-0.4, -0.2) is 38.2 Å². The van der Waals surface area contributed by atoms with Gasteiger partial charge in [0.15, 0.2) is 18.1 Å². The van der Waals surface area contributed by atoms with Crippen LogP contribution in [0.1, 0.15) is 24.4 Å². The maximum Gasteiger partial charge on any atom is 0.261 e. The molecular weight excluding hydrogens is 366 g/mol. The summed E-state index contributed by atoms with van der Waals surface area (Å²) in [4.78, 5) is 14.8. The van der Waals surface area contributed by atoms with Gasteiger partial charge in [0.1, 0.15) is 5.75 Å². The van der Waals surface area contributed by atoms with E-state index >= 15 is 0 Å². The number of fused-ring (bicyclic) bond motifs is 1. The minimum Gasteiger partial charge on any atom is -0.493 e. The van der Waals surface area contributed by atoms with Crippen molar-refractivity contribution in [3.05, 3.63) is 66.2 Å². The molecule has 1 atom stereocenters. The summed E-state index contributed by atoms with van der Waals surface area (Å²) in [7, 11) is 3.24. The second kappa shape index (κ2) is 8.43. The second-order valence-electron chi connectivity index (χ2n) is 7.16. The second-order valence-corrected chi connectivity index (χ2v) is 7.16. The molecule has 1 saturated heterocycles. The van der Waals surface area contributed by atoms with Gasteiger partial charge in [0.25, 0.3) is 5.91 Å². The third-order valence-corrected chi connectivity index (χ3v) is 5.45. The highest BCUT2D eigenvalue weighted by Crippen LogP contribution is 2.37. The molecule has 0 aliphatic carbocycles. The summed E-state index contributed by atoms with van der Waals surface area (Å²) in [5.74, 6) is 2.07. The van der Waals surface area contributed by atoms with Crippen LogP contribution >= 0.6 is 0 Å². The highest BCUT2D eigenvalue weighted by Gasteiger charge is 2.30. The van der Waals surface area contributed by atoms with Crippen molar-refractivity contribution in [2.75, 3.05) is 27.4 Å². The first-order chi connectivity index (χ1) is 14.2. The van der Waals surface area contributed by atoms with Gasteiger partial charge >= 0.3 is 0 Å². The lowest BCUT2D eigenvalue weighted by molar-refractivity contribution is -0.134. The highest BCUT2D eigenvalue weighted by atomic mass is 16.5. The standard InChI is InChI=1S/C24H25NO4/c1-27-22-12-10-19(15-23(22)28-2)21-8-5-13-25(21)24(26)16-29-20-11-9-17-6-3-4-7-18(17)14-20/h3-4,6-7,9-12,14-15,21H,5,8,13,16H2,1-2H3. The lowest BCUT2D eigenvalue weighted by Gasteiger charge is -2.25. The summed E-state index contributed by atoms with van der Waals surface area (Å²) >= 11 is 0. The largest absolute Gasteiger partial charge is 0.493 e. The Bertz CT molecular complexity index is 1020. The van der Waals surface area contributed by atoms with Gasteiger partial charge in [-0.15, -0.1) is 0 Å². The monoisotopic (exact) mass is 391 g/mol. The van der Waals surface area contributed by atoms with Crippen LogP contribution in [0.5, 0.6) is 17.2 Å². The van der Waals surface area contributed by atoms with E-state index in [0.29, 0.717) is 17.2 Å². The molecule has 0 N–H and O–H groups in total.